The molecule has 0 saturated carbocycles. The third-order valence-electron chi connectivity index (χ3n) is 4.22. The Morgan fingerprint density at radius 1 is 1.14 bits per heavy atom. The summed E-state index contributed by atoms with van der Waals surface area (Å²) in [6.45, 7) is 8.76. The summed E-state index contributed by atoms with van der Waals surface area (Å²) in [5.41, 5.74) is 5.38. The van der Waals surface area contributed by atoms with Crippen molar-refractivity contribution in [2.45, 2.75) is 59.0 Å². The van der Waals surface area contributed by atoms with Crippen LogP contribution in [0.2, 0.25) is 0 Å². The molecule has 2 aromatic rings. The molecule has 1 aliphatic rings. The molecule has 0 radical (unpaired) electrons. The second kappa shape index (κ2) is 5.90. The lowest BCUT2D eigenvalue weighted by molar-refractivity contribution is 0.526. The summed E-state index contributed by atoms with van der Waals surface area (Å²) in [5, 5.41) is 4.93. The Kier molecular flexibility index (Phi) is 4.14. The number of aryl methyl sites for hydroxylation is 4. The molecule has 0 spiro atoms. The molecule has 1 unspecified atom stereocenters. The van der Waals surface area contributed by atoms with Crippen LogP contribution in [0.15, 0.2) is 18.2 Å². The van der Waals surface area contributed by atoms with Gasteiger partial charge in [-0.1, -0.05) is 18.2 Å². The van der Waals surface area contributed by atoms with E-state index in [0.717, 1.165) is 6.42 Å². The van der Waals surface area contributed by atoms with Crippen molar-refractivity contribution in [3.05, 3.63) is 50.5 Å². The van der Waals surface area contributed by atoms with Crippen LogP contribution in [0.4, 0.5) is 0 Å². The molecule has 2 nitrogen and oxygen atoms in total. The van der Waals surface area contributed by atoms with Crippen molar-refractivity contribution in [3.8, 4) is 0 Å². The first-order chi connectivity index (χ1) is 10.0. The van der Waals surface area contributed by atoms with Crippen molar-refractivity contribution in [1.29, 1.82) is 0 Å². The van der Waals surface area contributed by atoms with Crippen molar-refractivity contribution in [1.82, 2.24) is 10.3 Å². The number of benzene rings is 1. The van der Waals surface area contributed by atoms with Gasteiger partial charge in [0.2, 0.25) is 0 Å². The van der Waals surface area contributed by atoms with E-state index in [0.29, 0.717) is 6.04 Å². The van der Waals surface area contributed by atoms with E-state index < -0.39 is 0 Å². The summed E-state index contributed by atoms with van der Waals surface area (Å²) in [4.78, 5) is 6.43. The van der Waals surface area contributed by atoms with Gasteiger partial charge in [0.25, 0.3) is 0 Å². The number of hydrogen-bond acceptors (Lipinski definition) is 3. The van der Waals surface area contributed by atoms with Gasteiger partial charge < -0.3 is 5.32 Å². The third-order valence-corrected chi connectivity index (χ3v) is 5.45. The Morgan fingerprint density at radius 2 is 1.95 bits per heavy atom. The molecule has 1 N–H and O–H groups in total. The highest BCUT2D eigenvalue weighted by atomic mass is 32.1. The summed E-state index contributed by atoms with van der Waals surface area (Å²) in [7, 11) is 0. The molecule has 21 heavy (non-hydrogen) atoms. The first-order valence-electron chi connectivity index (χ1n) is 7.86. The molecular weight excluding hydrogens is 276 g/mol. The van der Waals surface area contributed by atoms with Crippen molar-refractivity contribution in [2.24, 2.45) is 0 Å². The van der Waals surface area contributed by atoms with Gasteiger partial charge in [0.1, 0.15) is 5.01 Å². The van der Waals surface area contributed by atoms with Crippen LogP contribution in [-0.2, 0) is 12.8 Å². The SMILES string of the molecule is Cc1ccc(C(NC(C)C)c2nc3c(s2)CCC3)cc1C. The van der Waals surface area contributed by atoms with Crippen molar-refractivity contribution in [2.75, 3.05) is 0 Å². The molecule has 1 aromatic carbocycles. The molecule has 0 aliphatic heterocycles. The zero-order chi connectivity index (χ0) is 15.0. The second-order valence-electron chi connectivity index (χ2n) is 6.37. The van der Waals surface area contributed by atoms with Gasteiger partial charge in [-0.15, -0.1) is 11.3 Å². The van der Waals surface area contributed by atoms with Gasteiger partial charge in [0.15, 0.2) is 0 Å². The van der Waals surface area contributed by atoms with Crippen molar-refractivity contribution >= 4 is 11.3 Å². The monoisotopic (exact) mass is 300 g/mol. The molecule has 1 aliphatic carbocycles. The van der Waals surface area contributed by atoms with Crippen LogP contribution in [0.5, 0.6) is 0 Å². The van der Waals surface area contributed by atoms with E-state index in [1.54, 1.807) is 0 Å². The highest BCUT2D eigenvalue weighted by Gasteiger charge is 2.23. The maximum absolute atomic E-state index is 4.93. The highest BCUT2D eigenvalue weighted by Crippen LogP contribution is 2.34. The highest BCUT2D eigenvalue weighted by molar-refractivity contribution is 7.11. The average molecular weight is 300 g/mol. The lowest BCUT2D eigenvalue weighted by Crippen LogP contribution is -2.29. The van der Waals surface area contributed by atoms with E-state index >= 15 is 0 Å². The van der Waals surface area contributed by atoms with E-state index in [-0.39, 0.29) is 6.04 Å². The van der Waals surface area contributed by atoms with E-state index in [1.165, 1.54) is 45.1 Å². The largest absolute Gasteiger partial charge is 0.302 e. The molecule has 1 aromatic heterocycles. The minimum Gasteiger partial charge on any atom is -0.302 e. The maximum Gasteiger partial charge on any atom is 0.115 e. The van der Waals surface area contributed by atoms with Crippen LogP contribution >= 0.6 is 11.3 Å². The van der Waals surface area contributed by atoms with E-state index in [9.17, 15) is 0 Å². The minimum atomic E-state index is 0.222. The van der Waals surface area contributed by atoms with Crippen LogP contribution in [0.3, 0.4) is 0 Å². The Labute approximate surface area is 131 Å². The fraction of sp³-hybridized carbons (Fsp3) is 0.500. The van der Waals surface area contributed by atoms with Gasteiger partial charge in [-0.05, 0) is 63.6 Å². The quantitative estimate of drug-likeness (QED) is 0.908. The molecule has 0 bridgehead atoms. The molecule has 1 heterocycles. The molecule has 3 heteroatoms. The van der Waals surface area contributed by atoms with Crippen LogP contribution in [0.25, 0.3) is 0 Å². The minimum absolute atomic E-state index is 0.222. The predicted molar refractivity (Wildman–Crippen MR) is 90.2 cm³/mol. The predicted octanol–water partition coefficient (Wildman–Crippen LogP) is 4.34. The Morgan fingerprint density at radius 3 is 2.62 bits per heavy atom. The first-order valence-corrected chi connectivity index (χ1v) is 8.68. The number of hydrogen-bond donors (Lipinski definition) is 1. The summed E-state index contributed by atoms with van der Waals surface area (Å²) in [5.74, 6) is 0. The maximum atomic E-state index is 4.93. The van der Waals surface area contributed by atoms with Crippen molar-refractivity contribution in [3.63, 3.8) is 0 Å². The zero-order valence-electron chi connectivity index (χ0n) is 13.4. The zero-order valence-corrected chi connectivity index (χ0v) is 14.2. The normalized spacial score (nSPS) is 15.5. The number of nitrogens with zero attached hydrogens (tertiary/aromatic N) is 1. The summed E-state index contributed by atoms with van der Waals surface area (Å²) < 4.78 is 0. The van der Waals surface area contributed by atoms with E-state index in [1.807, 2.05) is 11.3 Å². The van der Waals surface area contributed by atoms with Gasteiger partial charge in [0.05, 0.1) is 11.7 Å². The molecule has 0 saturated heterocycles. The van der Waals surface area contributed by atoms with Crippen LogP contribution in [0.1, 0.15) is 58.6 Å². The molecule has 1 atom stereocenters. The Balaban J connectivity index is 1.98. The van der Waals surface area contributed by atoms with E-state index in [4.69, 9.17) is 4.98 Å². The summed E-state index contributed by atoms with van der Waals surface area (Å²) >= 11 is 1.90. The molecule has 0 fully saturated rings. The van der Waals surface area contributed by atoms with Crippen molar-refractivity contribution < 1.29 is 0 Å². The van der Waals surface area contributed by atoms with Crippen LogP contribution in [0, 0.1) is 13.8 Å². The summed E-state index contributed by atoms with van der Waals surface area (Å²) in [6.07, 6.45) is 3.65. The molecular formula is C18H24N2S. The number of thiazole rings is 1. The first kappa shape index (κ1) is 14.7. The molecule has 3 rings (SSSR count). The van der Waals surface area contributed by atoms with Crippen LogP contribution < -0.4 is 5.32 Å². The van der Waals surface area contributed by atoms with Gasteiger partial charge in [-0.2, -0.15) is 0 Å². The lowest BCUT2D eigenvalue weighted by atomic mass is 10.0. The standard InChI is InChI=1S/C18H24N2S/c1-11(2)19-17(14-9-8-12(3)13(4)10-14)18-20-15-6-5-7-16(15)21-18/h8-11,17,19H,5-7H2,1-4H3. The lowest BCUT2D eigenvalue weighted by Gasteiger charge is -2.21. The topological polar surface area (TPSA) is 24.9 Å². The fourth-order valence-electron chi connectivity index (χ4n) is 2.92. The van der Waals surface area contributed by atoms with Gasteiger partial charge in [0, 0.05) is 10.9 Å². The van der Waals surface area contributed by atoms with Gasteiger partial charge in [-0.25, -0.2) is 4.98 Å². The smallest absolute Gasteiger partial charge is 0.115 e. The molecule has 112 valence electrons. The average Bonchev–Trinajstić information content (AvgIpc) is 3.00. The number of fused-ring (bicyclic) bond motifs is 1. The number of nitrogens with one attached hydrogen (secondary N) is 1. The fourth-order valence-corrected chi connectivity index (χ4v) is 4.16. The Hall–Kier alpha value is -1.19. The van der Waals surface area contributed by atoms with Gasteiger partial charge >= 0.3 is 0 Å². The number of rotatable bonds is 4. The second-order valence-corrected chi connectivity index (χ2v) is 7.49. The summed E-state index contributed by atoms with van der Waals surface area (Å²) in [6, 6.07) is 7.44. The third kappa shape index (κ3) is 3.04. The van der Waals surface area contributed by atoms with Crippen LogP contribution in [-0.4, -0.2) is 11.0 Å². The number of aromatic nitrogens is 1. The Bertz CT molecular complexity index is 621. The molecule has 0 amide bonds. The van der Waals surface area contributed by atoms with E-state index in [2.05, 4.69) is 51.2 Å². The van der Waals surface area contributed by atoms with Gasteiger partial charge in [-0.3, -0.25) is 0 Å².